The maximum Gasteiger partial charge on any atom is 0.333 e. The van der Waals surface area contributed by atoms with Gasteiger partial charge in [-0.15, -0.1) is 0 Å². The predicted molar refractivity (Wildman–Crippen MR) is 108 cm³/mol. The SMILES string of the molecule is C[N+](C)(CC(=O)NC1C2CC3CC1CC(C(N)=O)(C3)C2)S(=O)(=O)c1c(F)cc(F)cc1F. The van der Waals surface area contributed by atoms with E-state index >= 15 is 0 Å². The molecule has 1 aromatic carbocycles. The van der Waals surface area contributed by atoms with E-state index in [1.54, 1.807) is 0 Å². The molecule has 2 amide bonds. The lowest BCUT2D eigenvalue weighted by Crippen LogP contribution is -2.63. The molecule has 0 heterocycles. The Balaban J connectivity index is 1.50. The van der Waals surface area contributed by atoms with Gasteiger partial charge in [-0.05, 0) is 49.9 Å². The van der Waals surface area contributed by atoms with Gasteiger partial charge in [0.05, 0.1) is 14.1 Å². The molecule has 4 aliphatic carbocycles. The molecule has 4 fully saturated rings. The Labute approximate surface area is 184 Å². The van der Waals surface area contributed by atoms with Crippen molar-refractivity contribution in [2.45, 2.75) is 43.0 Å². The molecule has 0 aliphatic heterocycles. The van der Waals surface area contributed by atoms with Gasteiger partial charge in [-0.1, -0.05) is 0 Å². The van der Waals surface area contributed by atoms with Gasteiger partial charge in [0, 0.05) is 23.6 Å². The highest BCUT2D eigenvalue weighted by Gasteiger charge is 2.58. The van der Waals surface area contributed by atoms with Crippen molar-refractivity contribution in [1.82, 2.24) is 5.32 Å². The maximum absolute atomic E-state index is 14.1. The van der Waals surface area contributed by atoms with Crippen LogP contribution in [0.2, 0.25) is 0 Å². The Bertz CT molecular complexity index is 1050. The first-order valence-electron chi connectivity index (χ1n) is 10.6. The molecular weight excluding hydrogens is 447 g/mol. The highest BCUT2D eigenvalue weighted by Crippen LogP contribution is 2.59. The van der Waals surface area contributed by atoms with Crippen molar-refractivity contribution in [1.29, 1.82) is 0 Å². The maximum atomic E-state index is 14.1. The zero-order valence-electron chi connectivity index (χ0n) is 17.9. The number of hydrogen-bond acceptors (Lipinski definition) is 4. The first-order valence-corrected chi connectivity index (χ1v) is 12.0. The highest BCUT2D eigenvalue weighted by atomic mass is 32.2. The first-order chi connectivity index (χ1) is 14.8. The number of rotatable bonds is 6. The van der Waals surface area contributed by atoms with Crippen molar-refractivity contribution in [2.75, 3.05) is 20.6 Å². The number of nitrogens with zero attached hydrogens (tertiary/aromatic N) is 1. The Morgan fingerprint density at radius 3 is 2.12 bits per heavy atom. The average molecular weight is 475 g/mol. The summed E-state index contributed by atoms with van der Waals surface area (Å²) in [5.41, 5.74) is 5.16. The first kappa shape index (κ1) is 23.0. The summed E-state index contributed by atoms with van der Waals surface area (Å²) in [5.74, 6) is -4.66. The molecule has 0 aromatic heterocycles. The van der Waals surface area contributed by atoms with E-state index in [0.29, 0.717) is 30.9 Å². The van der Waals surface area contributed by atoms with Crippen molar-refractivity contribution >= 4 is 21.8 Å². The Hall–Kier alpha value is -2.14. The number of hydrogen-bond donors (Lipinski definition) is 2. The van der Waals surface area contributed by atoms with E-state index in [9.17, 15) is 31.2 Å². The number of sulfonamides is 1. The monoisotopic (exact) mass is 474 g/mol. The van der Waals surface area contributed by atoms with Crippen LogP contribution < -0.4 is 11.1 Å². The van der Waals surface area contributed by atoms with Gasteiger partial charge in [-0.2, -0.15) is 8.42 Å². The normalized spacial score (nSPS) is 31.5. The van der Waals surface area contributed by atoms with Gasteiger partial charge >= 0.3 is 10.0 Å². The van der Waals surface area contributed by atoms with E-state index in [4.69, 9.17) is 5.73 Å². The number of quaternary nitrogens is 1. The second-order valence-electron chi connectivity index (χ2n) is 10.1. The topological polar surface area (TPSA) is 106 Å². The van der Waals surface area contributed by atoms with Crippen LogP contribution >= 0.6 is 0 Å². The van der Waals surface area contributed by atoms with Gasteiger partial charge < -0.3 is 11.1 Å². The Kier molecular flexibility index (Phi) is 5.36. The second kappa shape index (κ2) is 7.44. The number of halogens is 3. The Morgan fingerprint density at radius 2 is 1.62 bits per heavy atom. The number of nitrogens with two attached hydrogens (primary N) is 1. The largest absolute Gasteiger partial charge is 0.369 e. The van der Waals surface area contributed by atoms with Crippen molar-refractivity contribution in [2.24, 2.45) is 28.9 Å². The lowest BCUT2D eigenvalue weighted by atomic mass is 9.47. The van der Waals surface area contributed by atoms with E-state index in [2.05, 4.69) is 5.32 Å². The van der Waals surface area contributed by atoms with Gasteiger partial charge in [0.15, 0.2) is 23.1 Å². The fraction of sp³-hybridized carbons (Fsp3) is 0.619. The molecule has 3 N–H and O–H groups in total. The van der Waals surface area contributed by atoms with Crippen LogP contribution in [-0.4, -0.2) is 50.8 Å². The summed E-state index contributed by atoms with van der Waals surface area (Å²) in [5, 5.41) is 2.92. The highest BCUT2D eigenvalue weighted by molar-refractivity contribution is 7.86. The molecule has 0 saturated heterocycles. The van der Waals surface area contributed by atoms with Crippen molar-refractivity contribution in [3.63, 3.8) is 0 Å². The smallest absolute Gasteiger partial charge is 0.333 e. The van der Waals surface area contributed by atoms with Crippen molar-refractivity contribution < 1.29 is 35.1 Å². The number of likely N-dealkylation sites (N-methyl/N-ethyl adjacent to an activating group) is 1. The number of carbonyl (C=O) groups excluding carboxylic acids is 2. The lowest BCUT2D eigenvalue weighted by molar-refractivity contribution is -0.753. The summed E-state index contributed by atoms with van der Waals surface area (Å²) < 4.78 is 66.3. The molecule has 4 aliphatic rings. The number of nitrogens with one attached hydrogen (secondary N) is 1. The van der Waals surface area contributed by atoms with E-state index in [0.717, 1.165) is 33.4 Å². The fourth-order valence-electron chi connectivity index (χ4n) is 6.25. The van der Waals surface area contributed by atoms with E-state index in [1.807, 2.05) is 0 Å². The third-order valence-electron chi connectivity index (χ3n) is 7.52. The van der Waals surface area contributed by atoms with Crippen LogP contribution in [0.25, 0.3) is 0 Å². The second-order valence-corrected chi connectivity index (χ2v) is 12.5. The van der Waals surface area contributed by atoms with Crippen LogP contribution in [0.3, 0.4) is 0 Å². The molecule has 11 heteroatoms. The number of primary amides is 1. The van der Waals surface area contributed by atoms with Crippen LogP contribution in [0.4, 0.5) is 13.2 Å². The molecule has 32 heavy (non-hydrogen) atoms. The third-order valence-corrected chi connectivity index (χ3v) is 9.86. The standard InChI is InChI=1S/C21H26F3N3O4S/c1-27(2,32(30,31)19-15(23)5-14(22)6-16(19)24)10-17(28)26-18-12-3-11-4-13(18)9-21(7-11,8-12)20(25)29/h5-6,11-13,18H,3-4,7-10H2,1-2H3,(H2-,25,26,28,29)/p+1. The summed E-state index contributed by atoms with van der Waals surface area (Å²) in [6.07, 6.45) is 3.73. The van der Waals surface area contributed by atoms with Crippen LogP contribution in [0, 0.1) is 40.6 Å². The van der Waals surface area contributed by atoms with Gasteiger partial charge in [0.1, 0.15) is 5.82 Å². The van der Waals surface area contributed by atoms with E-state index in [-0.39, 0.29) is 23.8 Å². The number of amides is 2. The van der Waals surface area contributed by atoms with Gasteiger partial charge in [-0.3, -0.25) is 9.59 Å². The quantitative estimate of drug-likeness (QED) is 0.612. The minimum Gasteiger partial charge on any atom is -0.369 e. The summed E-state index contributed by atoms with van der Waals surface area (Å²) in [4.78, 5) is 23.6. The van der Waals surface area contributed by atoms with Gasteiger partial charge in [0.25, 0.3) is 5.91 Å². The average Bonchev–Trinajstić information content (AvgIpc) is 2.62. The minimum absolute atomic E-state index is 0.0805. The van der Waals surface area contributed by atoms with Crippen LogP contribution in [0.1, 0.15) is 32.1 Å². The Morgan fingerprint density at radius 1 is 1.09 bits per heavy atom. The molecule has 0 radical (unpaired) electrons. The zero-order chi connectivity index (χ0) is 23.6. The van der Waals surface area contributed by atoms with Gasteiger partial charge in [0.2, 0.25) is 5.91 Å². The summed E-state index contributed by atoms with van der Waals surface area (Å²) in [6, 6.07) is 0.381. The van der Waals surface area contributed by atoms with E-state index < -0.39 is 54.1 Å². The molecule has 5 rings (SSSR count). The lowest BCUT2D eigenvalue weighted by Gasteiger charge is -2.58. The molecule has 1 aromatic rings. The van der Waals surface area contributed by atoms with Crippen LogP contribution in [-0.2, 0) is 19.6 Å². The van der Waals surface area contributed by atoms with Crippen molar-refractivity contribution in [3.05, 3.63) is 29.6 Å². The van der Waals surface area contributed by atoms with Crippen LogP contribution in [0.15, 0.2) is 17.0 Å². The molecule has 2 unspecified atom stereocenters. The molecule has 4 bridgehead atoms. The summed E-state index contributed by atoms with van der Waals surface area (Å²) >= 11 is 0. The van der Waals surface area contributed by atoms with Crippen LogP contribution in [0.5, 0.6) is 0 Å². The molecule has 2 atom stereocenters. The predicted octanol–water partition coefficient (Wildman–Crippen LogP) is 1.67. The zero-order valence-corrected chi connectivity index (χ0v) is 18.7. The number of benzene rings is 1. The van der Waals surface area contributed by atoms with E-state index in [1.165, 1.54) is 0 Å². The fourth-order valence-corrected chi connectivity index (χ4v) is 7.64. The summed E-state index contributed by atoms with van der Waals surface area (Å²) in [6.45, 7) is -0.584. The molecule has 4 saturated carbocycles. The molecular formula is C21H27F3N3O4S+. The number of carbonyl (C=O) groups is 2. The third kappa shape index (κ3) is 3.59. The van der Waals surface area contributed by atoms with Crippen molar-refractivity contribution in [3.8, 4) is 0 Å². The molecule has 176 valence electrons. The minimum atomic E-state index is -4.70. The molecule has 0 spiro atoms. The summed E-state index contributed by atoms with van der Waals surface area (Å²) in [7, 11) is -2.40. The van der Waals surface area contributed by atoms with Gasteiger partial charge in [-0.25, -0.2) is 17.1 Å². The molecule has 7 nitrogen and oxygen atoms in total.